The van der Waals surface area contributed by atoms with E-state index in [1.807, 2.05) is 0 Å². The fourth-order valence-corrected chi connectivity index (χ4v) is 2.18. The monoisotopic (exact) mass is 352 g/mol. The number of benzene rings is 1. The Bertz CT molecular complexity index is 722. The smallest absolute Gasteiger partial charge is 0.339 e. The number of ether oxygens (including phenoxy) is 1. The van der Waals surface area contributed by atoms with Gasteiger partial charge in [0.2, 0.25) is 0 Å². The van der Waals surface area contributed by atoms with Crippen LogP contribution in [0.2, 0.25) is 10.2 Å². The molecule has 0 spiro atoms. The highest BCUT2D eigenvalue weighted by Gasteiger charge is 2.22. The van der Waals surface area contributed by atoms with Crippen LogP contribution in [0, 0.1) is 0 Å². The Hall–Kier alpha value is -2.11. The van der Waals surface area contributed by atoms with E-state index in [0.29, 0.717) is 17.1 Å². The zero-order valence-electron chi connectivity index (χ0n) is 12.3. The second kappa shape index (κ2) is 7.94. The van der Waals surface area contributed by atoms with E-state index in [9.17, 15) is 9.59 Å². The van der Waals surface area contributed by atoms with Gasteiger partial charge in [0.15, 0.2) is 6.10 Å². The first-order valence-electron chi connectivity index (χ1n) is 6.89. The van der Waals surface area contributed by atoms with E-state index in [4.69, 9.17) is 27.9 Å². The van der Waals surface area contributed by atoms with Crippen LogP contribution in [0.25, 0.3) is 0 Å². The molecule has 23 heavy (non-hydrogen) atoms. The lowest BCUT2D eigenvalue weighted by molar-refractivity contribution is -0.124. The van der Waals surface area contributed by atoms with Crippen LogP contribution >= 0.6 is 23.2 Å². The molecular formula is C16H14Cl2N2O3. The van der Waals surface area contributed by atoms with Gasteiger partial charge in [-0.1, -0.05) is 42.3 Å². The Labute approximate surface area is 143 Å². The Kier molecular flexibility index (Phi) is 5.96. The summed E-state index contributed by atoms with van der Waals surface area (Å²) in [6, 6.07) is 9.66. The largest absolute Gasteiger partial charge is 0.449 e. The number of anilines is 1. The van der Waals surface area contributed by atoms with E-state index in [0.717, 1.165) is 0 Å². The third kappa shape index (κ3) is 4.68. The molecule has 0 aliphatic rings. The summed E-state index contributed by atoms with van der Waals surface area (Å²) in [6.45, 7) is 1.74. The van der Waals surface area contributed by atoms with Crippen molar-refractivity contribution < 1.29 is 14.3 Å². The van der Waals surface area contributed by atoms with Crippen LogP contribution in [-0.2, 0) is 9.53 Å². The number of pyridine rings is 1. The maximum absolute atomic E-state index is 12.2. The quantitative estimate of drug-likeness (QED) is 0.653. The van der Waals surface area contributed by atoms with Gasteiger partial charge in [-0.15, -0.1) is 0 Å². The molecule has 120 valence electrons. The molecule has 1 aromatic heterocycles. The van der Waals surface area contributed by atoms with Gasteiger partial charge in [0.1, 0.15) is 5.15 Å². The number of nitrogens with one attached hydrogen (secondary N) is 1. The number of hydrogen-bond donors (Lipinski definition) is 1. The average Bonchev–Trinajstić information content (AvgIpc) is 2.54. The van der Waals surface area contributed by atoms with Crippen LogP contribution < -0.4 is 5.32 Å². The number of aromatic nitrogens is 1. The molecular weight excluding hydrogens is 339 g/mol. The first kappa shape index (κ1) is 17.2. The van der Waals surface area contributed by atoms with Crippen molar-refractivity contribution in [1.29, 1.82) is 0 Å². The SMILES string of the molecule is CCC(OC(=O)c1ccnc(Cl)c1)C(=O)Nc1ccccc1Cl. The number of hydrogen-bond acceptors (Lipinski definition) is 4. The maximum atomic E-state index is 12.2. The molecule has 1 aromatic carbocycles. The molecule has 7 heteroatoms. The Morgan fingerprint density at radius 3 is 2.65 bits per heavy atom. The highest BCUT2D eigenvalue weighted by atomic mass is 35.5. The maximum Gasteiger partial charge on any atom is 0.339 e. The van der Waals surface area contributed by atoms with E-state index in [2.05, 4.69) is 10.3 Å². The highest BCUT2D eigenvalue weighted by Crippen LogP contribution is 2.21. The van der Waals surface area contributed by atoms with E-state index in [1.54, 1.807) is 31.2 Å². The molecule has 2 aromatic rings. The molecule has 0 saturated carbocycles. The number of esters is 1. The molecule has 1 atom stereocenters. The van der Waals surface area contributed by atoms with Crippen molar-refractivity contribution in [3.63, 3.8) is 0 Å². The van der Waals surface area contributed by atoms with Gasteiger partial charge in [-0.25, -0.2) is 9.78 Å². The summed E-state index contributed by atoms with van der Waals surface area (Å²) in [5.74, 6) is -1.09. The van der Waals surface area contributed by atoms with Crippen LogP contribution in [-0.4, -0.2) is 23.0 Å². The topological polar surface area (TPSA) is 68.3 Å². The molecule has 0 aliphatic carbocycles. The highest BCUT2D eigenvalue weighted by molar-refractivity contribution is 6.33. The number of nitrogens with zero attached hydrogens (tertiary/aromatic N) is 1. The van der Waals surface area contributed by atoms with Crippen molar-refractivity contribution in [2.24, 2.45) is 0 Å². The predicted octanol–water partition coefficient (Wildman–Crippen LogP) is 3.96. The van der Waals surface area contributed by atoms with Gasteiger partial charge in [0.05, 0.1) is 16.3 Å². The summed E-state index contributed by atoms with van der Waals surface area (Å²) in [5.41, 5.74) is 0.689. The zero-order valence-corrected chi connectivity index (χ0v) is 13.8. The third-order valence-corrected chi connectivity index (χ3v) is 3.54. The molecule has 1 amide bonds. The minimum atomic E-state index is -0.939. The summed E-state index contributed by atoms with van der Waals surface area (Å²) in [7, 11) is 0. The molecule has 0 aliphatic heterocycles. The molecule has 0 bridgehead atoms. The fraction of sp³-hybridized carbons (Fsp3) is 0.188. The third-order valence-electron chi connectivity index (χ3n) is 3.01. The number of amides is 1. The van der Waals surface area contributed by atoms with Gasteiger partial charge < -0.3 is 10.1 Å². The predicted molar refractivity (Wildman–Crippen MR) is 88.8 cm³/mol. The summed E-state index contributed by atoms with van der Waals surface area (Å²) < 4.78 is 5.23. The number of carbonyl (C=O) groups is 2. The molecule has 2 rings (SSSR count). The van der Waals surface area contributed by atoms with Crippen LogP contribution in [0.15, 0.2) is 42.6 Å². The molecule has 0 radical (unpaired) electrons. The number of carbonyl (C=O) groups excluding carboxylic acids is 2. The van der Waals surface area contributed by atoms with Crippen molar-refractivity contribution in [1.82, 2.24) is 4.98 Å². The van der Waals surface area contributed by atoms with Gasteiger partial charge in [0.25, 0.3) is 5.91 Å². The van der Waals surface area contributed by atoms with Crippen LogP contribution in [0.1, 0.15) is 23.7 Å². The Balaban J connectivity index is 2.06. The van der Waals surface area contributed by atoms with Crippen molar-refractivity contribution in [3.8, 4) is 0 Å². The normalized spacial score (nSPS) is 11.6. The lowest BCUT2D eigenvalue weighted by Gasteiger charge is -2.16. The molecule has 1 heterocycles. The number of halogens is 2. The molecule has 0 fully saturated rings. The summed E-state index contributed by atoms with van der Waals surface area (Å²) in [5, 5.41) is 3.22. The summed E-state index contributed by atoms with van der Waals surface area (Å²) >= 11 is 11.7. The minimum absolute atomic E-state index is 0.174. The van der Waals surface area contributed by atoms with Gasteiger partial charge in [-0.2, -0.15) is 0 Å². The van der Waals surface area contributed by atoms with Crippen LogP contribution in [0.4, 0.5) is 5.69 Å². The first-order chi connectivity index (χ1) is 11.0. The average molecular weight is 353 g/mol. The van der Waals surface area contributed by atoms with Crippen molar-refractivity contribution in [2.45, 2.75) is 19.4 Å². The van der Waals surface area contributed by atoms with Crippen LogP contribution in [0.5, 0.6) is 0 Å². The Morgan fingerprint density at radius 2 is 2.00 bits per heavy atom. The molecule has 1 unspecified atom stereocenters. The van der Waals surface area contributed by atoms with Gasteiger partial charge >= 0.3 is 5.97 Å². The van der Waals surface area contributed by atoms with E-state index in [1.165, 1.54) is 18.3 Å². The zero-order chi connectivity index (χ0) is 16.8. The van der Waals surface area contributed by atoms with Crippen molar-refractivity contribution in [3.05, 3.63) is 58.3 Å². The van der Waals surface area contributed by atoms with E-state index in [-0.39, 0.29) is 10.7 Å². The lowest BCUT2D eigenvalue weighted by Crippen LogP contribution is -2.32. The first-order valence-corrected chi connectivity index (χ1v) is 7.64. The molecule has 5 nitrogen and oxygen atoms in total. The lowest BCUT2D eigenvalue weighted by atomic mass is 10.2. The number of para-hydroxylation sites is 1. The van der Waals surface area contributed by atoms with E-state index >= 15 is 0 Å². The minimum Gasteiger partial charge on any atom is -0.449 e. The van der Waals surface area contributed by atoms with Crippen molar-refractivity contribution >= 4 is 40.8 Å². The van der Waals surface area contributed by atoms with Gasteiger partial charge in [0, 0.05) is 6.20 Å². The van der Waals surface area contributed by atoms with E-state index < -0.39 is 18.0 Å². The van der Waals surface area contributed by atoms with Gasteiger partial charge in [-0.05, 0) is 30.7 Å². The second-order valence-electron chi connectivity index (χ2n) is 4.64. The fourth-order valence-electron chi connectivity index (χ4n) is 1.82. The van der Waals surface area contributed by atoms with Crippen LogP contribution in [0.3, 0.4) is 0 Å². The standard InChI is InChI=1S/C16H14Cl2N2O3/c1-2-13(15(21)20-12-6-4-3-5-11(12)17)23-16(22)10-7-8-19-14(18)9-10/h3-9,13H,2H2,1H3,(H,20,21). The molecule has 1 N–H and O–H groups in total. The molecule has 0 saturated heterocycles. The number of rotatable bonds is 5. The second-order valence-corrected chi connectivity index (χ2v) is 5.43. The van der Waals surface area contributed by atoms with Crippen molar-refractivity contribution in [2.75, 3.05) is 5.32 Å². The van der Waals surface area contributed by atoms with Gasteiger partial charge in [-0.3, -0.25) is 4.79 Å². The summed E-state index contributed by atoms with van der Waals surface area (Å²) in [4.78, 5) is 28.1. The summed E-state index contributed by atoms with van der Waals surface area (Å²) in [6.07, 6.45) is 0.774. The Morgan fingerprint density at radius 1 is 1.26 bits per heavy atom.